The molecule has 0 fully saturated rings. The molecule has 0 saturated carbocycles. The molecule has 0 aromatic carbocycles. The topological polar surface area (TPSA) is 68.0 Å². The van der Waals surface area contributed by atoms with Gasteiger partial charge in [0.05, 0.1) is 17.4 Å². The third-order valence-corrected chi connectivity index (χ3v) is 3.09. The van der Waals surface area contributed by atoms with Crippen molar-refractivity contribution in [1.82, 2.24) is 15.3 Å². The Balaban J connectivity index is 2.18. The number of pyridine rings is 1. The lowest BCUT2D eigenvalue weighted by atomic mass is 10.1. The van der Waals surface area contributed by atoms with Crippen molar-refractivity contribution in [3.63, 3.8) is 0 Å². The molecule has 2 rings (SSSR count). The Morgan fingerprint density at radius 2 is 2.05 bits per heavy atom. The van der Waals surface area contributed by atoms with Gasteiger partial charge in [0.2, 0.25) is 5.76 Å². The second-order valence-corrected chi connectivity index (χ2v) is 4.79. The van der Waals surface area contributed by atoms with Crippen LogP contribution in [0.2, 0.25) is 0 Å². The van der Waals surface area contributed by atoms with Crippen LogP contribution in [0.4, 0.5) is 0 Å². The van der Waals surface area contributed by atoms with E-state index in [1.165, 1.54) is 0 Å². The monoisotopic (exact) mass is 273 g/mol. The standard InChI is InChI=1S/C15H19N3O2/c1-5-12(13-8-6-7-9(2)16-13)18-15(19)14-10(3)17-11(4)20-14/h6-8,12H,5H2,1-4H3,(H,18,19). The van der Waals surface area contributed by atoms with E-state index in [1.807, 2.05) is 32.0 Å². The van der Waals surface area contributed by atoms with Crippen molar-refractivity contribution in [3.8, 4) is 0 Å². The number of carbonyl (C=O) groups is 1. The number of hydrogen-bond acceptors (Lipinski definition) is 4. The first-order chi connectivity index (χ1) is 9.51. The Kier molecular flexibility index (Phi) is 4.17. The highest BCUT2D eigenvalue weighted by atomic mass is 16.4. The molecule has 1 unspecified atom stereocenters. The fourth-order valence-corrected chi connectivity index (χ4v) is 2.11. The lowest BCUT2D eigenvalue weighted by Crippen LogP contribution is -2.29. The fourth-order valence-electron chi connectivity index (χ4n) is 2.11. The van der Waals surface area contributed by atoms with E-state index < -0.39 is 0 Å². The molecular weight excluding hydrogens is 254 g/mol. The van der Waals surface area contributed by atoms with E-state index in [0.29, 0.717) is 11.6 Å². The van der Waals surface area contributed by atoms with E-state index >= 15 is 0 Å². The molecule has 0 aliphatic heterocycles. The molecule has 0 aliphatic carbocycles. The predicted molar refractivity (Wildman–Crippen MR) is 75.4 cm³/mol. The van der Waals surface area contributed by atoms with E-state index in [0.717, 1.165) is 17.8 Å². The first kappa shape index (κ1) is 14.2. The lowest BCUT2D eigenvalue weighted by molar-refractivity contribution is 0.0904. The maximum absolute atomic E-state index is 12.2. The van der Waals surface area contributed by atoms with Gasteiger partial charge >= 0.3 is 0 Å². The van der Waals surface area contributed by atoms with Gasteiger partial charge in [-0.2, -0.15) is 0 Å². The second-order valence-electron chi connectivity index (χ2n) is 4.79. The van der Waals surface area contributed by atoms with Gasteiger partial charge in [0.1, 0.15) is 0 Å². The number of aromatic nitrogens is 2. The molecule has 20 heavy (non-hydrogen) atoms. The van der Waals surface area contributed by atoms with Crippen molar-refractivity contribution >= 4 is 5.91 Å². The molecule has 5 heteroatoms. The molecule has 0 saturated heterocycles. The zero-order valence-electron chi connectivity index (χ0n) is 12.2. The molecule has 5 nitrogen and oxygen atoms in total. The highest BCUT2D eigenvalue weighted by molar-refractivity contribution is 5.92. The third-order valence-electron chi connectivity index (χ3n) is 3.09. The molecule has 2 heterocycles. The summed E-state index contributed by atoms with van der Waals surface area (Å²) >= 11 is 0. The molecule has 2 aromatic heterocycles. The lowest BCUT2D eigenvalue weighted by Gasteiger charge is -2.16. The van der Waals surface area contributed by atoms with Crippen LogP contribution in [0.3, 0.4) is 0 Å². The molecule has 0 aliphatic rings. The third kappa shape index (κ3) is 3.04. The van der Waals surface area contributed by atoms with Crippen molar-refractivity contribution in [2.75, 3.05) is 0 Å². The van der Waals surface area contributed by atoms with Crippen molar-refractivity contribution in [2.24, 2.45) is 0 Å². The number of rotatable bonds is 4. The maximum Gasteiger partial charge on any atom is 0.289 e. The van der Waals surface area contributed by atoms with Gasteiger partial charge in [-0.05, 0) is 32.4 Å². The van der Waals surface area contributed by atoms with Crippen molar-refractivity contribution < 1.29 is 9.21 Å². The van der Waals surface area contributed by atoms with Crippen LogP contribution in [0.1, 0.15) is 52.9 Å². The Bertz CT molecular complexity index is 619. The second kappa shape index (κ2) is 5.86. The Hall–Kier alpha value is -2.17. The van der Waals surface area contributed by atoms with Crippen molar-refractivity contribution in [2.45, 2.75) is 40.2 Å². The number of carbonyl (C=O) groups excluding carboxylic acids is 1. The summed E-state index contributed by atoms with van der Waals surface area (Å²) in [6, 6.07) is 5.66. The summed E-state index contributed by atoms with van der Waals surface area (Å²) in [4.78, 5) is 20.8. The number of amides is 1. The number of hydrogen-bond donors (Lipinski definition) is 1. The Morgan fingerprint density at radius 1 is 1.30 bits per heavy atom. The van der Waals surface area contributed by atoms with Gasteiger partial charge in [-0.3, -0.25) is 9.78 Å². The van der Waals surface area contributed by atoms with Gasteiger partial charge in [0, 0.05) is 12.6 Å². The van der Waals surface area contributed by atoms with Gasteiger partial charge in [0.25, 0.3) is 5.91 Å². The smallest absolute Gasteiger partial charge is 0.289 e. The summed E-state index contributed by atoms with van der Waals surface area (Å²) in [5, 5.41) is 2.95. The summed E-state index contributed by atoms with van der Waals surface area (Å²) in [6.07, 6.45) is 0.758. The van der Waals surface area contributed by atoms with Crippen LogP contribution in [-0.4, -0.2) is 15.9 Å². The van der Waals surface area contributed by atoms with Gasteiger partial charge < -0.3 is 9.73 Å². The highest BCUT2D eigenvalue weighted by Gasteiger charge is 2.20. The molecule has 0 bridgehead atoms. The molecule has 0 spiro atoms. The van der Waals surface area contributed by atoms with Crippen LogP contribution in [0, 0.1) is 20.8 Å². The van der Waals surface area contributed by atoms with E-state index in [9.17, 15) is 4.79 Å². The van der Waals surface area contributed by atoms with Crippen LogP contribution in [0.25, 0.3) is 0 Å². The number of aryl methyl sites for hydroxylation is 3. The summed E-state index contributed by atoms with van der Waals surface area (Å²) in [5.41, 5.74) is 2.39. The number of nitrogens with one attached hydrogen (secondary N) is 1. The van der Waals surface area contributed by atoms with Crippen LogP contribution in [0.15, 0.2) is 22.6 Å². The molecule has 0 radical (unpaired) electrons. The van der Waals surface area contributed by atoms with Crippen LogP contribution in [-0.2, 0) is 0 Å². The minimum Gasteiger partial charge on any atom is -0.436 e. The van der Waals surface area contributed by atoms with Crippen LogP contribution < -0.4 is 5.32 Å². The van der Waals surface area contributed by atoms with E-state index in [4.69, 9.17) is 4.42 Å². The minimum absolute atomic E-state index is 0.132. The summed E-state index contributed by atoms with van der Waals surface area (Å²) in [7, 11) is 0. The summed E-state index contributed by atoms with van der Waals surface area (Å²) < 4.78 is 5.34. The highest BCUT2D eigenvalue weighted by Crippen LogP contribution is 2.17. The average molecular weight is 273 g/mol. The van der Waals surface area contributed by atoms with Gasteiger partial charge in [-0.15, -0.1) is 0 Å². The normalized spacial score (nSPS) is 12.2. The van der Waals surface area contributed by atoms with Crippen LogP contribution in [0.5, 0.6) is 0 Å². The SMILES string of the molecule is CCC(NC(=O)c1oc(C)nc1C)c1cccc(C)n1. The molecule has 1 amide bonds. The molecule has 1 N–H and O–H groups in total. The summed E-state index contributed by atoms with van der Waals surface area (Å²) in [5.74, 6) is 0.515. The Morgan fingerprint density at radius 3 is 2.60 bits per heavy atom. The molecule has 1 atom stereocenters. The number of oxazole rings is 1. The van der Waals surface area contributed by atoms with E-state index in [-0.39, 0.29) is 17.7 Å². The van der Waals surface area contributed by atoms with Gasteiger partial charge in [-0.25, -0.2) is 4.98 Å². The fraction of sp³-hybridized carbons (Fsp3) is 0.400. The largest absolute Gasteiger partial charge is 0.436 e. The van der Waals surface area contributed by atoms with Gasteiger partial charge in [-0.1, -0.05) is 13.0 Å². The first-order valence-electron chi connectivity index (χ1n) is 6.69. The number of nitrogens with zero attached hydrogens (tertiary/aromatic N) is 2. The average Bonchev–Trinajstić information content (AvgIpc) is 2.75. The van der Waals surface area contributed by atoms with E-state index in [1.54, 1.807) is 13.8 Å². The molecule has 2 aromatic rings. The molecule has 106 valence electrons. The molecular formula is C15H19N3O2. The quantitative estimate of drug-likeness (QED) is 0.930. The van der Waals surface area contributed by atoms with Crippen molar-refractivity contribution in [3.05, 3.63) is 46.9 Å². The first-order valence-corrected chi connectivity index (χ1v) is 6.69. The van der Waals surface area contributed by atoms with Crippen molar-refractivity contribution in [1.29, 1.82) is 0 Å². The minimum atomic E-state index is -0.252. The Labute approximate surface area is 118 Å². The summed E-state index contributed by atoms with van der Waals surface area (Å²) in [6.45, 7) is 7.43. The van der Waals surface area contributed by atoms with Gasteiger partial charge in [0.15, 0.2) is 5.89 Å². The predicted octanol–water partition coefficient (Wildman–Crippen LogP) is 2.88. The van der Waals surface area contributed by atoms with Crippen LogP contribution >= 0.6 is 0 Å². The zero-order chi connectivity index (χ0) is 14.7. The maximum atomic E-state index is 12.2. The van der Waals surface area contributed by atoms with E-state index in [2.05, 4.69) is 15.3 Å². The zero-order valence-corrected chi connectivity index (χ0v) is 12.2.